The molecule has 1 atom stereocenters. The summed E-state index contributed by atoms with van der Waals surface area (Å²) < 4.78 is 14.2. The van der Waals surface area contributed by atoms with Crippen LogP contribution in [0.3, 0.4) is 0 Å². The summed E-state index contributed by atoms with van der Waals surface area (Å²) in [7, 11) is 0. The standard InChI is InChI=1S/C22H19BrFNO/c1-15-3-2-4-20(13-15)25-21(16-7-11-19(24)12-8-16)14-22(26)17-5-9-18(23)10-6-17/h2-13,21,25H,14H2,1H3/t21-/m1/s1. The number of carbonyl (C=O) groups excluding carboxylic acids is 1. The molecule has 3 rings (SSSR count). The van der Waals surface area contributed by atoms with Crippen molar-refractivity contribution in [2.45, 2.75) is 19.4 Å². The summed E-state index contributed by atoms with van der Waals surface area (Å²) in [6.07, 6.45) is 0.279. The van der Waals surface area contributed by atoms with Crippen molar-refractivity contribution in [1.29, 1.82) is 0 Å². The quantitative estimate of drug-likeness (QED) is 0.480. The second-order valence-corrected chi connectivity index (χ2v) is 7.17. The summed E-state index contributed by atoms with van der Waals surface area (Å²) >= 11 is 3.38. The van der Waals surface area contributed by atoms with Gasteiger partial charge in [0.1, 0.15) is 5.82 Å². The van der Waals surface area contributed by atoms with Crippen LogP contribution in [0.5, 0.6) is 0 Å². The van der Waals surface area contributed by atoms with Gasteiger partial charge in [-0.15, -0.1) is 0 Å². The number of carbonyl (C=O) groups is 1. The van der Waals surface area contributed by atoms with Gasteiger partial charge in [-0.3, -0.25) is 4.79 Å². The fraction of sp³-hybridized carbons (Fsp3) is 0.136. The van der Waals surface area contributed by atoms with Crippen molar-refractivity contribution in [1.82, 2.24) is 0 Å². The molecular formula is C22H19BrFNO. The Balaban J connectivity index is 1.85. The molecule has 26 heavy (non-hydrogen) atoms. The first-order valence-electron chi connectivity index (χ1n) is 8.39. The number of Topliss-reactive ketones (excluding diaryl/α,β-unsaturated/α-hetero) is 1. The maximum absolute atomic E-state index is 13.3. The monoisotopic (exact) mass is 411 g/mol. The molecule has 0 unspecified atom stereocenters. The van der Waals surface area contributed by atoms with Crippen LogP contribution in [0.1, 0.15) is 33.9 Å². The summed E-state index contributed by atoms with van der Waals surface area (Å²) in [5.74, 6) is -0.255. The SMILES string of the molecule is Cc1cccc(N[C@H](CC(=O)c2ccc(Br)cc2)c2ccc(F)cc2)c1. The van der Waals surface area contributed by atoms with Crippen LogP contribution in [0.15, 0.2) is 77.3 Å². The maximum atomic E-state index is 13.3. The lowest BCUT2D eigenvalue weighted by molar-refractivity contribution is 0.0976. The zero-order chi connectivity index (χ0) is 18.5. The molecule has 0 aliphatic carbocycles. The van der Waals surface area contributed by atoms with E-state index in [0.29, 0.717) is 5.56 Å². The molecular weight excluding hydrogens is 393 g/mol. The molecule has 1 N–H and O–H groups in total. The Kier molecular flexibility index (Phi) is 5.84. The predicted molar refractivity (Wildman–Crippen MR) is 107 cm³/mol. The number of hydrogen-bond donors (Lipinski definition) is 1. The van der Waals surface area contributed by atoms with E-state index in [4.69, 9.17) is 0 Å². The van der Waals surface area contributed by atoms with Crippen LogP contribution in [0.25, 0.3) is 0 Å². The zero-order valence-electron chi connectivity index (χ0n) is 14.4. The van der Waals surface area contributed by atoms with Gasteiger partial charge in [-0.25, -0.2) is 4.39 Å². The van der Waals surface area contributed by atoms with E-state index in [2.05, 4.69) is 21.2 Å². The van der Waals surface area contributed by atoms with Crippen molar-refractivity contribution in [3.63, 3.8) is 0 Å². The topological polar surface area (TPSA) is 29.1 Å². The molecule has 0 amide bonds. The summed E-state index contributed by atoms with van der Waals surface area (Å²) in [5.41, 5.74) is 3.60. The molecule has 2 nitrogen and oxygen atoms in total. The summed E-state index contributed by atoms with van der Waals surface area (Å²) in [4.78, 5) is 12.7. The van der Waals surface area contributed by atoms with Gasteiger partial charge in [0.15, 0.2) is 5.78 Å². The van der Waals surface area contributed by atoms with Crippen LogP contribution in [-0.2, 0) is 0 Å². The Labute approximate surface area is 161 Å². The van der Waals surface area contributed by atoms with E-state index in [9.17, 15) is 9.18 Å². The molecule has 0 heterocycles. The molecule has 0 aliphatic heterocycles. The molecule has 0 radical (unpaired) electrons. The highest BCUT2D eigenvalue weighted by Crippen LogP contribution is 2.25. The Morgan fingerprint density at radius 2 is 1.73 bits per heavy atom. The predicted octanol–water partition coefficient (Wildman–Crippen LogP) is 6.32. The van der Waals surface area contributed by atoms with Gasteiger partial charge in [0.2, 0.25) is 0 Å². The van der Waals surface area contributed by atoms with Crippen molar-refractivity contribution < 1.29 is 9.18 Å². The molecule has 0 aromatic heterocycles. The van der Waals surface area contributed by atoms with Gasteiger partial charge >= 0.3 is 0 Å². The van der Waals surface area contributed by atoms with Gasteiger partial charge in [0, 0.05) is 22.1 Å². The number of aryl methyl sites for hydroxylation is 1. The Morgan fingerprint density at radius 3 is 2.38 bits per heavy atom. The lowest BCUT2D eigenvalue weighted by Gasteiger charge is -2.20. The van der Waals surface area contributed by atoms with Crippen LogP contribution in [0.2, 0.25) is 0 Å². The van der Waals surface area contributed by atoms with Gasteiger partial charge in [0.05, 0.1) is 6.04 Å². The van der Waals surface area contributed by atoms with Crippen molar-refractivity contribution in [2.24, 2.45) is 0 Å². The molecule has 0 aliphatic rings. The van der Waals surface area contributed by atoms with Gasteiger partial charge in [-0.05, 0) is 54.4 Å². The van der Waals surface area contributed by atoms with E-state index >= 15 is 0 Å². The van der Waals surface area contributed by atoms with Gasteiger partial charge in [-0.1, -0.05) is 52.3 Å². The zero-order valence-corrected chi connectivity index (χ0v) is 16.0. The van der Waals surface area contributed by atoms with E-state index in [1.807, 2.05) is 43.3 Å². The Morgan fingerprint density at radius 1 is 1.04 bits per heavy atom. The first kappa shape index (κ1) is 18.3. The smallest absolute Gasteiger partial charge is 0.165 e. The van der Waals surface area contributed by atoms with Gasteiger partial charge < -0.3 is 5.32 Å². The van der Waals surface area contributed by atoms with Gasteiger partial charge in [0.25, 0.3) is 0 Å². The highest BCUT2D eigenvalue weighted by atomic mass is 79.9. The minimum atomic E-state index is -0.290. The lowest BCUT2D eigenvalue weighted by Crippen LogP contribution is -2.16. The third-order valence-corrected chi connectivity index (χ3v) is 4.72. The third-order valence-electron chi connectivity index (χ3n) is 4.19. The maximum Gasteiger partial charge on any atom is 0.165 e. The van der Waals surface area contributed by atoms with Gasteiger partial charge in [-0.2, -0.15) is 0 Å². The van der Waals surface area contributed by atoms with Crippen LogP contribution in [0.4, 0.5) is 10.1 Å². The third kappa shape index (κ3) is 4.79. The molecule has 3 aromatic carbocycles. The first-order valence-corrected chi connectivity index (χ1v) is 9.18. The summed E-state index contributed by atoms with van der Waals surface area (Å²) in [6, 6.07) is 21.3. The van der Waals surface area contributed by atoms with E-state index in [1.54, 1.807) is 24.3 Å². The Hall–Kier alpha value is -2.46. The molecule has 0 spiro atoms. The minimum Gasteiger partial charge on any atom is -0.378 e. The van der Waals surface area contributed by atoms with Crippen LogP contribution < -0.4 is 5.32 Å². The normalized spacial score (nSPS) is 11.8. The van der Waals surface area contributed by atoms with Crippen molar-refractivity contribution in [2.75, 3.05) is 5.32 Å². The molecule has 0 fully saturated rings. The highest BCUT2D eigenvalue weighted by Gasteiger charge is 2.17. The van der Waals surface area contributed by atoms with E-state index < -0.39 is 0 Å². The average molecular weight is 412 g/mol. The molecule has 3 aromatic rings. The second kappa shape index (κ2) is 8.28. The number of anilines is 1. The van der Waals surface area contributed by atoms with Crippen molar-refractivity contribution >= 4 is 27.4 Å². The van der Waals surface area contributed by atoms with Crippen molar-refractivity contribution in [3.05, 3.63) is 99.8 Å². The molecule has 4 heteroatoms. The van der Waals surface area contributed by atoms with E-state index in [-0.39, 0.29) is 24.1 Å². The largest absolute Gasteiger partial charge is 0.378 e. The summed E-state index contributed by atoms with van der Waals surface area (Å²) in [6.45, 7) is 2.02. The molecule has 0 saturated heterocycles. The molecule has 132 valence electrons. The lowest BCUT2D eigenvalue weighted by atomic mass is 9.97. The summed E-state index contributed by atoms with van der Waals surface area (Å²) in [5, 5.41) is 3.42. The van der Waals surface area contributed by atoms with Crippen LogP contribution in [-0.4, -0.2) is 5.78 Å². The van der Waals surface area contributed by atoms with Crippen molar-refractivity contribution in [3.8, 4) is 0 Å². The fourth-order valence-corrected chi connectivity index (χ4v) is 3.09. The number of nitrogens with one attached hydrogen (secondary N) is 1. The fourth-order valence-electron chi connectivity index (χ4n) is 2.82. The molecule has 0 bridgehead atoms. The van der Waals surface area contributed by atoms with Crippen LogP contribution in [0, 0.1) is 12.7 Å². The minimum absolute atomic E-state index is 0.0342. The number of halogens is 2. The number of benzene rings is 3. The van der Waals surface area contributed by atoms with E-state index in [1.165, 1.54) is 12.1 Å². The number of ketones is 1. The Bertz CT molecular complexity index is 891. The highest BCUT2D eigenvalue weighted by molar-refractivity contribution is 9.10. The number of rotatable bonds is 6. The molecule has 0 saturated carbocycles. The number of hydrogen-bond acceptors (Lipinski definition) is 2. The second-order valence-electron chi connectivity index (χ2n) is 6.25. The van der Waals surface area contributed by atoms with Crippen LogP contribution >= 0.6 is 15.9 Å². The van der Waals surface area contributed by atoms with E-state index in [0.717, 1.165) is 21.3 Å². The average Bonchev–Trinajstić information content (AvgIpc) is 2.62. The first-order chi connectivity index (χ1) is 12.5.